The van der Waals surface area contributed by atoms with Gasteiger partial charge < -0.3 is 29.1 Å². The van der Waals surface area contributed by atoms with Crippen LogP contribution in [0.3, 0.4) is 0 Å². The van der Waals surface area contributed by atoms with Crippen LogP contribution in [0.4, 0.5) is 10.3 Å². The van der Waals surface area contributed by atoms with E-state index in [0.29, 0.717) is 100.0 Å². The van der Waals surface area contributed by atoms with E-state index in [0.717, 1.165) is 115 Å². The van der Waals surface area contributed by atoms with Gasteiger partial charge in [-0.1, -0.05) is 35.8 Å². The lowest BCUT2D eigenvalue weighted by molar-refractivity contribution is -0.117. The molecule has 4 fully saturated rings. The number of carbonyl (C=O) groups is 2. The fourth-order valence-corrected chi connectivity index (χ4v) is 17.2. The van der Waals surface area contributed by atoms with Crippen molar-refractivity contribution < 1.29 is 28.1 Å². The Hall–Kier alpha value is -5.19. The van der Waals surface area contributed by atoms with Crippen molar-refractivity contribution in [2.75, 3.05) is 24.4 Å². The molecular formula is C55H63ClN8O6S2. The van der Waals surface area contributed by atoms with Gasteiger partial charge in [-0.3, -0.25) is 9.59 Å². The number of thiazole rings is 2. The van der Waals surface area contributed by atoms with Crippen molar-refractivity contribution in [3.05, 3.63) is 79.9 Å². The molecule has 0 aliphatic heterocycles. The molecule has 0 saturated heterocycles. The molecule has 17 heteroatoms. The second-order valence-corrected chi connectivity index (χ2v) is 24.9. The van der Waals surface area contributed by atoms with E-state index in [4.69, 9.17) is 40.3 Å². The first-order valence-corrected chi connectivity index (χ1v) is 28.1. The monoisotopic (exact) mass is 1030 g/mol. The van der Waals surface area contributed by atoms with Crippen LogP contribution >= 0.6 is 34.3 Å². The summed E-state index contributed by atoms with van der Waals surface area (Å²) in [4.78, 5) is 58.9. The predicted octanol–water partition coefficient (Wildman–Crippen LogP) is 12.8. The zero-order chi connectivity index (χ0) is 49.5. The summed E-state index contributed by atoms with van der Waals surface area (Å²) < 4.78 is 11.6. The molecule has 0 bridgehead atoms. The maximum Gasteiger partial charge on any atom is 0.226 e. The lowest BCUT2D eigenvalue weighted by Crippen LogP contribution is -2.44. The Morgan fingerprint density at radius 2 is 1.47 bits per heavy atom. The molecule has 10 atom stereocenters. The number of halogens is 1. The number of anilines is 2. The van der Waals surface area contributed by atoms with Crippen molar-refractivity contribution >= 4 is 90.0 Å². The molecule has 0 spiro atoms. The van der Waals surface area contributed by atoms with Crippen molar-refractivity contribution in [3.8, 4) is 0 Å². The molecule has 0 radical (unpaired) electrons. The van der Waals surface area contributed by atoms with Crippen LogP contribution in [-0.2, 0) is 38.5 Å². The number of hydrogen-bond donors (Lipinski definition) is 2. The smallest absolute Gasteiger partial charge is 0.226 e. The van der Waals surface area contributed by atoms with Crippen LogP contribution in [0.2, 0.25) is 5.02 Å². The van der Waals surface area contributed by atoms with Crippen molar-refractivity contribution in [1.29, 1.82) is 0 Å². The molecule has 12 rings (SSSR count). The van der Waals surface area contributed by atoms with Crippen LogP contribution in [-0.4, -0.2) is 56.9 Å². The molecule has 4 saturated carbocycles. The van der Waals surface area contributed by atoms with Gasteiger partial charge >= 0.3 is 0 Å². The summed E-state index contributed by atoms with van der Waals surface area (Å²) >= 11 is 9.93. The molecule has 6 aromatic rings. The van der Waals surface area contributed by atoms with E-state index >= 15 is 0 Å². The molecule has 2 aromatic carbocycles. The van der Waals surface area contributed by atoms with Gasteiger partial charge in [0.15, 0.2) is 33.7 Å². The standard InChI is InChI=1S/C55H63ClN8O6S2/c1-28-25-57-52(71-28)61-46(65)12-8-32-22-45(55(4)17-14-34-36(48(32)55)9-6-30-20-43-41(23-39(30)34)60-29(2)70-43)64-69-19-16-33-26-58-53(72-33)62-47(66)13-7-31-21-44(63-67-5)54(3)18-15-35-37(49(31)54)10-11-38-40(35)24-42-51(50(38)56)68-27-59-42/h20,23-27,31-32,34-37,48-49H,6-19,21-22H2,1-5H3,(H,57,61,65)(H,58,62,66). The SMILES string of the molecule is CON=C1CC(CCC(=O)Nc2ncc(CCON=C3CC(CCC(=O)Nc4ncc(C)s4)C4C5CCc6cc7oc(C)nc7cc6C5CCC34C)s2)C2C3CCc4c(cc5ncoc5c4Cl)C3CCC12C. The highest BCUT2D eigenvalue weighted by atomic mass is 35.5. The summed E-state index contributed by atoms with van der Waals surface area (Å²) in [7, 11) is 1.64. The lowest BCUT2D eigenvalue weighted by atomic mass is 9.54. The zero-order valence-corrected chi connectivity index (χ0v) is 44.1. The number of aryl methyl sites for hydroxylation is 3. The number of benzene rings is 2. The lowest BCUT2D eigenvalue weighted by Gasteiger charge is -2.50. The Labute approximate surface area is 432 Å². The highest BCUT2D eigenvalue weighted by Gasteiger charge is 2.59. The highest BCUT2D eigenvalue weighted by molar-refractivity contribution is 7.16. The number of fused-ring (bicyclic) bond motifs is 12. The molecule has 2 amide bonds. The average molecular weight is 1030 g/mol. The fourth-order valence-electron chi connectivity index (χ4n) is 15.3. The number of aromatic nitrogens is 4. The highest BCUT2D eigenvalue weighted by Crippen LogP contribution is 2.64. The van der Waals surface area contributed by atoms with Gasteiger partial charge in [0.25, 0.3) is 0 Å². The molecule has 378 valence electrons. The molecule has 4 heterocycles. The van der Waals surface area contributed by atoms with Crippen LogP contribution in [0, 0.1) is 60.2 Å². The number of oxime groups is 2. The Morgan fingerprint density at radius 3 is 2.17 bits per heavy atom. The number of nitrogens with one attached hydrogen (secondary N) is 2. The van der Waals surface area contributed by atoms with E-state index in [9.17, 15) is 9.59 Å². The van der Waals surface area contributed by atoms with E-state index in [-0.39, 0.29) is 22.6 Å². The molecule has 6 aliphatic carbocycles. The van der Waals surface area contributed by atoms with Gasteiger partial charge in [0.2, 0.25) is 11.8 Å². The van der Waals surface area contributed by atoms with Crippen molar-refractivity contribution in [2.45, 2.75) is 136 Å². The van der Waals surface area contributed by atoms with Crippen molar-refractivity contribution in [2.24, 2.45) is 56.6 Å². The average Bonchev–Trinajstić information content (AvgIpc) is 4.23. The van der Waals surface area contributed by atoms with Crippen LogP contribution in [0.25, 0.3) is 22.2 Å². The summed E-state index contributed by atoms with van der Waals surface area (Å²) in [5, 5.41) is 17.7. The summed E-state index contributed by atoms with van der Waals surface area (Å²) in [5.74, 6) is 3.76. The molecule has 10 unspecified atom stereocenters. The maximum atomic E-state index is 13.7. The fraction of sp³-hybridized carbons (Fsp3) is 0.564. The van der Waals surface area contributed by atoms with Crippen LogP contribution < -0.4 is 10.6 Å². The Bertz CT molecular complexity index is 3140. The van der Waals surface area contributed by atoms with E-state index in [1.54, 1.807) is 13.3 Å². The first-order valence-electron chi connectivity index (χ1n) is 26.1. The van der Waals surface area contributed by atoms with Crippen LogP contribution in [0.15, 0.2) is 56.1 Å². The van der Waals surface area contributed by atoms with E-state index < -0.39 is 0 Å². The molecule has 2 N–H and O–H groups in total. The molecular weight excluding hydrogens is 968 g/mol. The normalized spacial score (nSPS) is 30.4. The minimum Gasteiger partial charge on any atom is -0.442 e. The number of hydrogen-bond acceptors (Lipinski definition) is 14. The Morgan fingerprint density at radius 1 is 0.819 bits per heavy atom. The summed E-state index contributed by atoms with van der Waals surface area (Å²) in [6, 6.07) is 6.72. The van der Waals surface area contributed by atoms with Gasteiger partial charge in [0, 0.05) is 59.2 Å². The van der Waals surface area contributed by atoms with Crippen molar-refractivity contribution in [3.63, 3.8) is 0 Å². The minimum absolute atomic E-state index is 0.0104. The minimum atomic E-state index is -0.127. The van der Waals surface area contributed by atoms with Crippen molar-refractivity contribution in [1.82, 2.24) is 19.9 Å². The van der Waals surface area contributed by atoms with E-state index in [2.05, 4.69) is 62.8 Å². The van der Waals surface area contributed by atoms with Gasteiger partial charge in [0.1, 0.15) is 24.8 Å². The number of carbonyl (C=O) groups excluding carboxylic acids is 2. The summed E-state index contributed by atoms with van der Waals surface area (Å²) in [5.41, 5.74) is 10.7. The molecule has 6 aliphatic rings. The van der Waals surface area contributed by atoms with Gasteiger partial charge in [0.05, 0.1) is 16.4 Å². The van der Waals surface area contributed by atoms with Gasteiger partial charge in [-0.15, -0.1) is 22.7 Å². The topological polar surface area (TPSA) is 179 Å². The van der Waals surface area contributed by atoms with Gasteiger partial charge in [-0.05, 0) is 172 Å². The van der Waals surface area contributed by atoms with Crippen LogP contribution in [0.5, 0.6) is 0 Å². The van der Waals surface area contributed by atoms with Gasteiger partial charge in [-0.25, -0.2) is 19.9 Å². The molecule has 4 aromatic heterocycles. The third-order valence-electron chi connectivity index (χ3n) is 18.3. The predicted molar refractivity (Wildman–Crippen MR) is 281 cm³/mol. The first kappa shape index (κ1) is 47.8. The Balaban J connectivity index is 0.687. The van der Waals surface area contributed by atoms with Crippen LogP contribution in [0.1, 0.15) is 141 Å². The van der Waals surface area contributed by atoms with E-state index in [1.165, 1.54) is 51.3 Å². The first-order chi connectivity index (χ1) is 34.9. The number of oxazole rings is 2. The quantitative estimate of drug-likeness (QED) is 0.0835. The molecule has 72 heavy (non-hydrogen) atoms. The third-order valence-corrected chi connectivity index (χ3v) is 20.5. The van der Waals surface area contributed by atoms with E-state index in [1.807, 2.05) is 20.0 Å². The second-order valence-electron chi connectivity index (χ2n) is 22.1. The molecule has 14 nitrogen and oxygen atoms in total. The second kappa shape index (κ2) is 18.9. The summed E-state index contributed by atoms with van der Waals surface area (Å²) in [6.07, 6.45) is 18.0. The maximum absolute atomic E-state index is 13.7. The zero-order valence-electron chi connectivity index (χ0n) is 41.7. The Kier molecular flexibility index (Phi) is 12.6. The third kappa shape index (κ3) is 8.44. The largest absolute Gasteiger partial charge is 0.442 e. The summed E-state index contributed by atoms with van der Waals surface area (Å²) in [6.45, 7) is 9.09. The number of rotatable bonds is 13. The number of nitrogens with zero attached hydrogens (tertiary/aromatic N) is 6. The number of amides is 2. The van der Waals surface area contributed by atoms with Gasteiger partial charge in [-0.2, -0.15) is 0 Å².